The minimum absolute atomic E-state index is 0.398. The van der Waals surface area contributed by atoms with Gasteiger partial charge in [0.2, 0.25) is 0 Å². The Morgan fingerprint density at radius 2 is 1.90 bits per heavy atom. The van der Waals surface area contributed by atoms with Crippen molar-refractivity contribution in [3.63, 3.8) is 0 Å². The van der Waals surface area contributed by atoms with Gasteiger partial charge in [-0.15, -0.1) is 0 Å². The van der Waals surface area contributed by atoms with Crippen LogP contribution in [-0.2, 0) is 12.8 Å². The lowest BCUT2D eigenvalue weighted by molar-refractivity contribution is 0.627. The molecule has 1 aliphatic rings. The van der Waals surface area contributed by atoms with E-state index in [0.29, 0.717) is 28.6 Å². The molecular weight excluding hydrogens is 393 g/mol. The molecule has 4 aromatic heterocycles. The highest BCUT2D eigenvalue weighted by atomic mass is 19.1. The van der Waals surface area contributed by atoms with Crippen molar-refractivity contribution in [3.8, 4) is 22.9 Å². The van der Waals surface area contributed by atoms with Crippen LogP contribution in [0.15, 0.2) is 61.1 Å². The summed E-state index contributed by atoms with van der Waals surface area (Å²) in [5.41, 5.74) is 12.0. The molecule has 0 radical (unpaired) electrons. The molecular formula is C23H18FN7. The molecule has 0 unspecified atom stereocenters. The van der Waals surface area contributed by atoms with Crippen LogP contribution in [0.4, 0.5) is 10.2 Å². The van der Waals surface area contributed by atoms with E-state index in [1.165, 1.54) is 28.4 Å². The van der Waals surface area contributed by atoms with Crippen molar-refractivity contribution in [2.24, 2.45) is 0 Å². The van der Waals surface area contributed by atoms with E-state index in [1.807, 2.05) is 22.8 Å². The number of aromatic nitrogens is 6. The van der Waals surface area contributed by atoms with Gasteiger partial charge in [-0.2, -0.15) is 5.10 Å². The van der Waals surface area contributed by atoms with E-state index in [0.717, 1.165) is 30.3 Å². The molecule has 31 heavy (non-hydrogen) atoms. The molecule has 6 rings (SSSR count). The van der Waals surface area contributed by atoms with Crippen LogP contribution in [0.25, 0.3) is 34.1 Å². The third-order valence-electron chi connectivity index (χ3n) is 5.70. The van der Waals surface area contributed by atoms with Gasteiger partial charge in [0.05, 0.1) is 18.0 Å². The monoisotopic (exact) mass is 411 g/mol. The topological polar surface area (TPSA) is 87.4 Å². The number of fused-ring (bicyclic) bond motifs is 2. The number of nitrogens with two attached hydrogens (primary N) is 1. The molecule has 0 fully saturated rings. The lowest BCUT2D eigenvalue weighted by Gasteiger charge is -2.12. The van der Waals surface area contributed by atoms with E-state index in [1.54, 1.807) is 12.3 Å². The molecule has 8 heteroatoms. The predicted octanol–water partition coefficient (Wildman–Crippen LogP) is 3.88. The van der Waals surface area contributed by atoms with Crippen LogP contribution in [-0.4, -0.2) is 29.3 Å². The molecule has 0 spiro atoms. The molecule has 0 saturated carbocycles. The second-order valence-electron chi connectivity index (χ2n) is 7.63. The molecule has 1 aliphatic carbocycles. The highest BCUT2D eigenvalue weighted by molar-refractivity contribution is 5.83. The summed E-state index contributed by atoms with van der Waals surface area (Å²) < 4.78 is 16.9. The summed E-state index contributed by atoms with van der Waals surface area (Å²) >= 11 is 0. The van der Waals surface area contributed by atoms with Crippen molar-refractivity contribution in [2.75, 3.05) is 5.73 Å². The van der Waals surface area contributed by atoms with Crippen molar-refractivity contribution < 1.29 is 4.39 Å². The van der Waals surface area contributed by atoms with Crippen LogP contribution in [0.5, 0.6) is 0 Å². The number of imidazole rings is 1. The number of aryl methyl sites for hydroxylation is 2. The first-order chi connectivity index (χ1) is 15.2. The maximum absolute atomic E-state index is 13.5. The Morgan fingerprint density at radius 3 is 2.74 bits per heavy atom. The molecule has 2 N–H and O–H groups in total. The fourth-order valence-electron chi connectivity index (χ4n) is 4.23. The van der Waals surface area contributed by atoms with Crippen LogP contribution in [0.1, 0.15) is 17.5 Å². The van der Waals surface area contributed by atoms with Crippen LogP contribution < -0.4 is 5.73 Å². The van der Waals surface area contributed by atoms with Crippen molar-refractivity contribution in [1.29, 1.82) is 0 Å². The fraction of sp³-hybridized carbons (Fsp3) is 0.130. The van der Waals surface area contributed by atoms with Gasteiger partial charge in [-0.25, -0.2) is 24.0 Å². The third-order valence-corrected chi connectivity index (χ3v) is 5.70. The van der Waals surface area contributed by atoms with Gasteiger partial charge in [0.1, 0.15) is 11.3 Å². The number of hydrogen-bond acceptors (Lipinski definition) is 5. The summed E-state index contributed by atoms with van der Waals surface area (Å²) in [6.07, 6.45) is 7.44. The number of anilines is 1. The lowest BCUT2D eigenvalue weighted by Crippen LogP contribution is -2.04. The second-order valence-corrected chi connectivity index (χ2v) is 7.63. The largest absolute Gasteiger partial charge is 0.383 e. The first-order valence-electron chi connectivity index (χ1n) is 10.1. The quantitative estimate of drug-likeness (QED) is 0.487. The highest BCUT2D eigenvalue weighted by Gasteiger charge is 2.20. The standard InChI is InChI=1S/C23H18FN7/c24-16-12-27-30(13-16)20-9-8-19-23(29-20)31(17-7-6-14-3-1-4-15(14)11-17)22(28-19)18-5-2-10-26-21(18)25/h2,5-13H,1,3-4H2,(H2,25,26). The van der Waals surface area contributed by atoms with E-state index < -0.39 is 5.82 Å². The van der Waals surface area contributed by atoms with Crippen LogP contribution in [0.2, 0.25) is 0 Å². The molecule has 0 aliphatic heterocycles. The van der Waals surface area contributed by atoms with Gasteiger partial charge in [-0.1, -0.05) is 6.07 Å². The Labute approximate surface area is 177 Å². The number of nitrogen functional groups attached to an aromatic ring is 1. The van der Waals surface area contributed by atoms with Crippen molar-refractivity contribution in [2.45, 2.75) is 19.3 Å². The van der Waals surface area contributed by atoms with Crippen molar-refractivity contribution >= 4 is 17.0 Å². The summed E-state index contributed by atoms with van der Waals surface area (Å²) in [7, 11) is 0. The molecule has 152 valence electrons. The van der Waals surface area contributed by atoms with Gasteiger partial charge < -0.3 is 5.73 Å². The summed E-state index contributed by atoms with van der Waals surface area (Å²) in [5, 5.41) is 4.04. The van der Waals surface area contributed by atoms with E-state index in [9.17, 15) is 4.39 Å². The molecule has 7 nitrogen and oxygen atoms in total. The molecule has 5 aromatic rings. The number of nitrogens with zero attached hydrogens (tertiary/aromatic N) is 6. The van der Waals surface area contributed by atoms with E-state index in [-0.39, 0.29) is 0 Å². The molecule has 0 bridgehead atoms. The SMILES string of the molecule is Nc1ncccc1-c1nc2ccc(-n3cc(F)cn3)nc2n1-c1ccc2c(c1)CCC2. The fourth-order valence-corrected chi connectivity index (χ4v) is 4.23. The Bertz CT molecular complexity index is 1450. The maximum atomic E-state index is 13.5. The van der Waals surface area contributed by atoms with Crippen LogP contribution in [0, 0.1) is 5.82 Å². The number of hydrogen-bond donors (Lipinski definition) is 1. The molecule has 1 aromatic carbocycles. The number of rotatable bonds is 3. The van der Waals surface area contributed by atoms with E-state index in [4.69, 9.17) is 15.7 Å². The van der Waals surface area contributed by atoms with Gasteiger partial charge in [0.25, 0.3) is 0 Å². The zero-order valence-corrected chi connectivity index (χ0v) is 16.5. The average molecular weight is 411 g/mol. The summed E-state index contributed by atoms with van der Waals surface area (Å²) in [6.45, 7) is 0. The summed E-state index contributed by atoms with van der Waals surface area (Å²) in [4.78, 5) is 13.8. The van der Waals surface area contributed by atoms with Crippen molar-refractivity contribution in [3.05, 3.63) is 78.0 Å². The third kappa shape index (κ3) is 2.87. The van der Waals surface area contributed by atoms with Crippen LogP contribution in [0.3, 0.4) is 0 Å². The van der Waals surface area contributed by atoms with E-state index >= 15 is 0 Å². The molecule has 0 amide bonds. The van der Waals surface area contributed by atoms with Crippen LogP contribution >= 0.6 is 0 Å². The first kappa shape index (κ1) is 17.8. The smallest absolute Gasteiger partial charge is 0.167 e. The molecule has 4 heterocycles. The Balaban J connectivity index is 1.64. The zero-order chi connectivity index (χ0) is 20.9. The van der Waals surface area contributed by atoms with Gasteiger partial charge in [-0.05, 0) is 66.8 Å². The Hall–Kier alpha value is -4.07. The lowest BCUT2D eigenvalue weighted by atomic mass is 10.1. The van der Waals surface area contributed by atoms with Gasteiger partial charge in [-0.3, -0.25) is 4.57 Å². The van der Waals surface area contributed by atoms with Gasteiger partial charge in [0, 0.05) is 11.9 Å². The normalized spacial score (nSPS) is 13.1. The average Bonchev–Trinajstić information content (AvgIpc) is 3.50. The Morgan fingerprint density at radius 1 is 1.00 bits per heavy atom. The first-order valence-corrected chi connectivity index (χ1v) is 10.1. The zero-order valence-electron chi connectivity index (χ0n) is 16.5. The Kier molecular flexibility index (Phi) is 3.86. The molecule has 0 atom stereocenters. The molecule has 0 saturated heterocycles. The number of pyridine rings is 2. The second kappa shape index (κ2) is 6.73. The maximum Gasteiger partial charge on any atom is 0.167 e. The minimum atomic E-state index is -0.419. The van der Waals surface area contributed by atoms with Gasteiger partial charge in [0.15, 0.2) is 23.1 Å². The van der Waals surface area contributed by atoms with Crippen molar-refractivity contribution in [1.82, 2.24) is 29.3 Å². The number of halogens is 1. The highest BCUT2D eigenvalue weighted by Crippen LogP contribution is 2.32. The summed E-state index contributed by atoms with van der Waals surface area (Å²) in [5.74, 6) is 1.15. The van der Waals surface area contributed by atoms with Gasteiger partial charge >= 0.3 is 0 Å². The predicted molar refractivity (Wildman–Crippen MR) is 116 cm³/mol. The summed E-state index contributed by atoms with van der Waals surface area (Å²) in [6, 6.07) is 13.8. The van der Waals surface area contributed by atoms with E-state index in [2.05, 4.69) is 28.3 Å². The minimum Gasteiger partial charge on any atom is -0.383 e. The number of benzene rings is 1.